The minimum absolute atomic E-state index is 0.0664. The predicted molar refractivity (Wildman–Crippen MR) is 71.0 cm³/mol. The van der Waals surface area contributed by atoms with Crippen LogP contribution in [-0.4, -0.2) is 37.6 Å². The van der Waals surface area contributed by atoms with E-state index in [-0.39, 0.29) is 23.8 Å². The molecular formula is C11H20N4O3S. The molecule has 0 bridgehead atoms. The SMILES string of the molecule is Cc1[nH]ncc1S(=O)(=O)NCCC(=O)NCC(C)C. The van der Waals surface area contributed by atoms with Gasteiger partial charge >= 0.3 is 0 Å². The maximum absolute atomic E-state index is 11.9. The Hall–Kier alpha value is -1.41. The van der Waals surface area contributed by atoms with E-state index in [1.54, 1.807) is 6.92 Å². The van der Waals surface area contributed by atoms with Gasteiger partial charge in [0.15, 0.2) is 0 Å². The molecule has 1 aromatic heterocycles. The third-order valence-electron chi connectivity index (χ3n) is 2.42. The van der Waals surface area contributed by atoms with Crippen LogP contribution in [0.2, 0.25) is 0 Å². The number of aromatic nitrogens is 2. The lowest BCUT2D eigenvalue weighted by atomic mass is 10.2. The van der Waals surface area contributed by atoms with Crippen molar-refractivity contribution in [2.45, 2.75) is 32.1 Å². The van der Waals surface area contributed by atoms with Crippen molar-refractivity contribution in [3.8, 4) is 0 Å². The molecule has 1 aromatic rings. The highest BCUT2D eigenvalue weighted by molar-refractivity contribution is 7.89. The van der Waals surface area contributed by atoms with Gasteiger partial charge in [-0.15, -0.1) is 0 Å². The molecular weight excluding hydrogens is 268 g/mol. The van der Waals surface area contributed by atoms with E-state index >= 15 is 0 Å². The number of carbonyl (C=O) groups excluding carboxylic acids is 1. The number of nitrogens with zero attached hydrogens (tertiary/aromatic N) is 1. The third kappa shape index (κ3) is 4.99. The van der Waals surface area contributed by atoms with Crippen molar-refractivity contribution in [3.05, 3.63) is 11.9 Å². The Labute approximate surface area is 113 Å². The lowest BCUT2D eigenvalue weighted by Crippen LogP contribution is -2.32. The molecule has 7 nitrogen and oxygen atoms in total. The summed E-state index contributed by atoms with van der Waals surface area (Å²) >= 11 is 0. The second kappa shape index (κ2) is 6.67. The highest BCUT2D eigenvalue weighted by Crippen LogP contribution is 2.10. The topological polar surface area (TPSA) is 104 Å². The molecule has 19 heavy (non-hydrogen) atoms. The van der Waals surface area contributed by atoms with Gasteiger partial charge in [0.05, 0.1) is 11.9 Å². The summed E-state index contributed by atoms with van der Waals surface area (Å²) in [6.45, 7) is 6.26. The minimum Gasteiger partial charge on any atom is -0.356 e. The van der Waals surface area contributed by atoms with Gasteiger partial charge in [0.2, 0.25) is 15.9 Å². The number of nitrogens with one attached hydrogen (secondary N) is 3. The molecule has 1 heterocycles. The van der Waals surface area contributed by atoms with Crippen LogP contribution < -0.4 is 10.0 Å². The lowest BCUT2D eigenvalue weighted by molar-refractivity contribution is -0.121. The Kier molecular flexibility index (Phi) is 5.49. The van der Waals surface area contributed by atoms with E-state index < -0.39 is 10.0 Å². The van der Waals surface area contributed by atoms with E-state index in [9.17, 15) is 13.2 Å². The van der Waals surface area contributed by atoms with Crippen LogP contribution in [0, 0.1) is 12.8 Å². The minimum atomic E-state index is -3.60. The third-order valence-corrected chi connectivity index (χ3v) is 4.00. The lowest BCUT2D eigenvalue weighted by Gasteiger charge is -2.08. The molecule has 3 N–H and O–H groups in total. The predicted octanol–water partition coefficient (Wildman–Crippen LogP) is 0.159. The van der Waals surface area contributed by atoms with Crippen LogP contribution in [0.15, 0.2) is 11.1 Å². The van der Waals surface area contributed by atoms with E-state index in [1.165, 1.54) is 6.20 Å². The fraction of sp³-hybridized carbons (Fsp3) is 0.636. The summed E-state index contributed by atoms with van der Waals surface area (Å²) in [6.07, 6.45) is 1.36. The monoisotopic (exact) mass is 288 g/mol. The highest BCUT2D eigenvalue weighted by Gasteiger charge is 2.18. The Bertz CT molecular complexity index is 522. The Morgan fingerprint density at radius 1 is 1.47 bits per heavy atom. The van der Waals surface area contributed by atoms with Crippen LogP contribution in [0.25, 0.3) is 0 Å². The average Bonchev–Trinajstić information content (AvgIpc) is 2.73. The molecule has 1 amide bonds. The summed E-state index contributed by atoms with van der Waals surface area (Å²) in [5, 5.41) is 8.94. The zero-order valence-electron chi connectivity index (χ0n) is 11.4. The fourth-order valence-corrected chi connectivity index (χ4v) is 2.56. The van der Waals surface area contributed by atoms with Gasteiger partial charge in [-0.25, -0.2) is 13.1 Å². The van der Waals surface area contributed by atoms with E-state index in [2.05, 4.69) is 20.2 Å². The van der Waals surface area contributed by atoms with Gasteiger partial charge in [0.25, 0.3) is 0 Å². The first kappa shape index (κ1) is 15.6. The van der Waals surface area contributed by atoms with Gasteiger partial charge in [0.1, 0.15) is 4.90 Å². The Morgan fingerprint density at radius 3 is 2.68 bits per heavy atom. The molecule has 0 spiro atoms. The summed E-state index contributed by atoms with van der Waals surface area (Å²) in [5.41, 5.74) is 0.469. The molecule has 0 aliphatic heterocycles. The molecule has 0 saturated heterocycles. The van der Waals surface area contributed by atoms with Crippen LogP contribution in [0.1, 0.15) is 26.0 Å². The fourth-order valence-electron chi connectivity index (χ4n) is 1.39. The number of carbonyl (C=O) groups is 1. The van der Waals surface area contributed by atoms with Crippen LogP contribution in [0.5, 0.6) is 0 Å². The van der Waals surface area contributed by atoms with Crippen molar-refractivity contribution >= 4 is 15.9 Å². The molecule has 8 heteroatoms. The van der Waals surface area contributed by atoms with Crippen molar-refractivity contribution in [2.75, 3.05) is 13.1 Å². The van der Waals surface area contributed by atoms with Gasteiger partial charge in [-0.3, -0.25) is 9.89 Å². The standard InChI is InChI=1S/C11H20N4O3S/c1-8(2)6-12-11(16)4-5-14-19(17,18)10-7-13-15-9(10)3/h7-8,14H,4-6H2,1-3H3,(H,12,16)(H,13,15). The van der Waals surface area contributed by atoms with E-state index in [0.29, 0.717) is 18.2 Å². The first-order chi connectivity index (χ1) is 8.83. The molecule has 0 atom stereocenters. The average molecular weight is 288 g/mol. The number of sulfonamides is 1. The number of hydrogen-bond acceptors (Lipinski definition) is 4. The maximum Gasteiger partial charge on any atom is 0.243 e. The van der Waals surface area contributed by atoms with Crippen LogP contribution >= 0.6 is 0 Å². The highest BCUT2D eigenvalue weighted by atomic mass is 32.2. The molecule has 0 fully saturated rings. The molecule has 108 valence electrons. The van der Waals surface area contributed by atoms with E-state index in [0.717, 1.165) is 0 Å². The number of hydrogen-bond donors (Lipinski definition) is 3. The first-order valence-corrected chi connectivity index (χ1v) is 7.57. The van der Waals surface area contributed by atoms with Crippen LogP contribution in [0.4, 0.5) is 0 Å². The number of aromatic amines is 1. The summed E-state index contributed by atoms with van der Waals surface area (Å²) < 4.78 is 26.1. The van der Waals surface area contributed by atoms with Gasteiger partial charge < -0.3 is 5.32 Å². The smallest absolute Gasteiger partial charge is 0.243 e. The van der Waals surface area contributed by atoms with Crippen LogP contribution in [-0.2, 0) is 14.8 Å². The van der Waals surface area contributed by atoms with Crippen molar-refractivity contribution < 1.29 is 13.2 Å². The molecule has 0 aliphatic carbocycles. The summed E-state index contributed by atoms with van der Waals surface area (Å²) in [6, 6.07) is 0. The normalized spacial score (nSPS) is 11.8. The summed E-state index contributed by atoms with van der Waals surface area (Å²) in [7, 11) is -3.60. The molecule has 1 rings (SSSR count). The van der Waals surface area contributed by atoms with Gasteiger partial charge in [-0.2, -0.15) is 5.10 Å². The van der Waals surface area contributed by atoms with Gasteiger partial charge in [-0.1, -0.05) is 13.8 Å². The van der Waals surface area contributed by atoms with E-state index in [4.69, 9.17) is 0 Å². The van der Waals surface area contributed by atoms with Gasteiger partial charge in [0, 0.05) is 19.5 Å². The van der Waals surface area contributed by atoms with Crippen molar-refractivity contribution in [1.82, 2.24) is 20.2 Å². The van der Waals surface area contributed by atoms with Crippen molar-refractivity contribution in [2.24, 2.45) is 5.92 Å². The quantitative estimate of drug-likeness (QED) is 0.664. The molecule has 0 saturated carbocycles. The first-order valence-electron chi connectivity index (χ1n) is 6.09. The molecule has 0 aromatic carbocycles. The number of amides is 1. The van der Waals surface area contributed by atoms with Gasteiger partial charge in [-0.05, 0) is 12.8 Å². The second-order valence-electron chi connectivity index (χ2n) is 4.70. The maximum atomic E-state index is 11.9. The summed E-state index contributed by atoms with van der Waals surface area (Å²) in [4.78, 5) is 11.5. The van der Waals surface area contributed by atoms with Crippen molar-refractivity contribution in [1.29, 1.82) is 0 Å². The number of rotatable bonds is 7. The molecule has 0 radical (unpaired) electrons. The number of aryl methyl sites for hydroxylation is 1. The Morgan fingerprint density at radius 2 is 2.16 bits per heavy atom. The molecule has 0 unspecified atom stereocenters. The van der Waals surface area contributed by atoms with Crippen molar-refractivity contribution in [3.63, 3.8) is 0 Å². The largest absolute Gasteiger partial charge is 0.356 e. The second-order valence-corrected chi connectivity index (χ2v) is 6.44. The van der Waals surface area contributed by atoms with E-state index in [1.807, 2.05) is 13.8 Å². The molecule has 0 aliphatic rings. The zero-order chi connectivity index (χ0) is 14.5. The summed E-state index contributed by atoms with van der Waals surface area (Å²) in [5.74, 6) is 0.203. The van der Waals surface area contributed by atoms with Crippen LogP contribution in [0.3, 0.4) is 0 Å². The zero-order valence-corrected chi connectivity index (χ0v) is 12.2. The number of H-pyrrole nitrogens is 1. The Balaban J connectivity index is 2.41.